The third-order valence-corrected chi connectivity index (χ3v) is 8.22. The molecule has 2 aromatic rings. The standard InChI is InChI=1S/C25H31F3N6O5/c1-24(15-31-14-21(33(37)38)30-22(31)39-24)16-34(20-4-2-17(3-5-20)25(26,27)28)12-8-19(9-13-34)32(23(35)36)18-6-10-29-11-7-18/h2-5,14,18-19,29H,6-13,15-16H2,1H3/t19?,24-,34?/m0/s1. The van der Waals surface area contributed by atoms with Gasteiger partial charge < -0.3 is 35.0 Å². The van der Waals surface area contributed by atoms with Gasteiger partial charge in [0, 0.05) is 29.9 Å². The minimum atomic E-state index is -4.47. The van der Waals surface area contributed by atoms with Gasteiger partial charge in [0.1, 0.15) is 24.5 Å². The van der Waals surface area contributed by atoms with Gasteiger partial charge in [-0.2, -0.15) is 13.2 Å². The van der Waals surface area contributed by atoms with Crippen LogP contribution in [0.2, 0.25) is 0 Å². The molecule has 0 spiro atoms. The third kappa shape index (κ3) is 5.39. The van der Waals surface area contributed by atoms with Crippen LogP contribution >= 0.6 is 0 Å². The van der Waals surface area contributed by atoms with Gasteiger partial charge in [0.15, 0.2) is 5.60 Å². The number of hydrogen-bond acceptors (Lipinski definition) is 7. The number of hydrogen-bond donors (Lipinski definition) is 1. The minimum Gasteiger partial charge on any atom is -0.530 e. The highest BCUT2D eigenvalue weighted by Gasteiger charge is 2.50. The van der Waals surface area contributed by atoms with Crippen LogP contribution in [0.15, 0.2) is 30.5 Å². The summed E-state index contributed by atoms with van der Waals surface area (Å²) in [5.41, 5.74) is -0.913. The third-order valence-electron chi connectivity index (χ3n) is 8.22. The van der Waals surface area contributed by atoms with Crippen LogP contribution in [0, 0.1) is 10.1 Å². The lowest BCUT2D eigenvalue weighted by Gasteiger charge is -2.50. The van der Waals surface area contributed by atoms with Crippen LogP contribution < -0.4 is 19.6 Å². The molecular weight excluding hydrogens is 521 g/mol. The molecule has 11 nitrogen and oxygen atoms in total. The zero-order valence-electron chi connectivity index (χ0n) is 21.5. The van der Waals surface area contributed by atoms with Crippen molar-refractivity contribution < 1.29 is 32.7 Å². The maximum atomic E-state index is 13.3. The van der Waals surface area contributed by atoms with E-state index in [1.807, 2.05) is 6.92 Å². The number of halogens is 3. The monoisotopic (exact) mass is 552 g/mol. The van der Waals surface area contributed by atoms with Gasteiger partial charge in [-0.15, -0.1) is 0 Å². The quantitative estimate of drug-likeness (QED) is 0.332. The molecule has 1 atom stereocenters. The molecule has 5 rings (SSSR count). The molecule has 0 aliphatic carbocycles. The second-order valence-corrected chi connectivity index (χ2v) is 11.0. The SMILES string of the molecule is C[C@@]1(C[N+]2(c3ccc(C(F)(F)F)cc3)CCC(N(C(=O)[O-])C3CCNCC3)CC2)Cn2cc([N+](=O)[O-])nc2O1. The topological polar surface area (TPSA) is 126 Å². The van der Waals surface area contributed by atoms with Gasteiger partial charge in [-0.05, 0) is 62.0 Å². The molecule has 3 aliphatic heterocycles. The van der Waals surface area contributed by atoms with Crippen molar-refractivity contribution >= 4 is 17.6 Å². The van der Waals surface area contributed by atoms with Crippen LogP contribution in [-0.2, 0) is 12.7 Å². The van der Waals surface area contributed by atoms with Gasteiger partial charge in [0.2, 0.25) is 0 Å². The summed E-state index contributed by atoms with van der Waals surface area (Å²) in [6.45, 7) is 4.92. The first kappa shape index (κ1) is 27.2. The van der Waals surface area contributed by atoms with E-state index in [9.17, 15) is 33.2 Å². The lowest BCUT2D eigenvalue weighted by Crippen LogP contribution is -2.65. The normalized spacial score (nSPS) is 27.5. The van der Waals surface area contributed by atoms with Crippen LogP contribution in [0.5, 0.6) is 6.01 Å². The highest BCUT2D eigenvalue weighted by molar-refractivity contribution is 5.63. The Morgan fingerprint density at radius 2 is 1.82 bits per heavy atom. The Balaban J connectivity index is 1.40. The maximum Gasteiger partial charge on any atom is 0.416 e. The Morgan fingerprint density at radius 3 is 2.36 bits per heavy atom. The maximum absolute atomic E-state index is 13.3. The summed E-state index contributed by atoms with van der Waals surface area (Å²) in [6, 6.07) is 4.83. The fraction of sp³-hybridized carbons (Fsp3) is 0.600. The van der Waals surface area contributed by atoms with E-state index in [1.165, 1.54) is 23.2 Å². The van der Waals surface area contributed by atoms with E-state index in [0.29, 0.717) is 51.0 Å². The van der Waals surface area contributed by atoms with Crippen molar-refractivity contribution in [2.24, 2.45) is 0 Å². The molecule has 39 heavy (non-hydrogen) atoms. The predicted octanol–water partition coefficient (Wildman–Crippen LogP) is 2.53. The van der Waals surface area contributed by atoms with Crippen LogP contribution in [0.25, 0.3) is 0 Å². The number of rotatable bonds is 6. The van der Waals surface area contributed by atoms with Crippen molar-refractivity contribution in [2.45, 2.75) is 63.0 Å². The van der Waals surface area contributed by atoms with Crippen molar-refractivity contribution in [2.75, 3.05) is 32.7 Å². The highest BCUT2D eigenvalue weighted by atomic mass is 19.4. The molecule has 212 valence electrons. The van der Waals surface area contributed by atoms with Gasteiger partial charge in [-0.3, -0.25) is 9.05 Å². The first-order valence-electron chi connectivity index (χ1n) is 13.0. The number of benzene rings is 1. The van der Waals surface area contributed by atoms with Crippen molar-refractivity contribution in [3.8, 4) is 6.01 Å². The molecule has 0 saturated carbocycles. The molecule has 14 heteroatoms. The number of ether oxygens (including phenoxy) is 1. The van der Waals surface area contributed by atoms with Crippen molar-refractivity contribution in [3.63, 3.8) is 0 Å². The summed E-state index contributed by atoms with van der Waals surface area (Å²) in [6.07, 6.45) is -1.94. The van der Waals surface area contributed by atoms with E-state index in [4.69, 9.17) is 4.74 Å². The minimum absolute atomic E-state index is 0.124. The van der Waals surface area contributed by atoms with Crippen LogP contribution in [0.1, 0.15) is 38.2 Å². The number of carbonyl (C=O) groups is 1. The van der Waals surface area contributed by atoms with E-state index < -0.39 is 28.4 Å². The zero-order valence-corrected chi connectivity index (χ0v) is 21.5. The number of carboxylic acid groups (broad SMARTS) is 1. The molecule has 1 amide bonds. The number of alkyl halides is 3. The van der Waals surface area contributed by atoms with E-state index in [1.54, 1.807) is 4.57 Å². The fourth-order valence-corrected chi connectivity index (χ4v) is 6.49. The van der Waals surface area contributed by atoms with Gasteiger partial charge in [-0.25, -0.2) is 0 Å². The van der Waals surface area contributed by atoms with E-state index >= 15 is 0 Å². The van der Waals surface area contributed by atoms with Gasteiger partial charge in [0.05, 0.1) is 25.2 Å². The van der Waals surface area contributed by atoms with E-state index in [2.05, 4.69) is 10.3 Å². The molecule has 0 radical (unpaired) electrons. The Kier molecular flexibility index (Phi) is 6.95. The Hall–Kier alpha value is -3.39. The van der Waals surface area contributed by atoms with Crippen molar-refractivity contribution in [3.05, 3.63) is 46.1 Å². The number of likely N-dealkylation sites (tertiary alicyclic amines) is 1. The first-order chi connectivity index (χ1) is 18.4. The number of nitrogens with zero attached hydrogens (tertiary/aromatic N) is 5. The summed E-state index contributed by atoms with van der Waals surface area (Å²) < 4.78 is 47.8. The Labute approximate surface area is 222 Å². The molecule has 3 aliphatic rings. The average Bonchev–Trinajstić information content (AvgIpc) is 3.40. The van der Waals surface area contributed by atoms with Crippen molar-refractivity contribution in [1.29, 1.82) is 0 Å². The summed E-state index contributed by atoms with van der Waals surface area (Å²) in [5, 5.41) is 26.5. The van der Waals surface area contributed by atoms with Crippen LogP contribution in [0.4, 0.5) is 29.5 Å². The van der Waals surface area contributed by atoms with Gasteiger partial charge >= 0.3 is 18.0 Å². The number of fused-ring (bicyclic) bond motifs is 1. The molecule has 0 unspecified atom stereocenters. The lowest BCUT2D eigenvalue weighted by molar-refractivity contribution is -0.389. The summed E-state index contributed by atoms with van der Waals surface area (Å²) in [5.74, 6) is -0.320. The Bertz CT molecular complexity index is 1200. The summed E-state index contributed by atoms with van der Waals surface area (Å²) >= 11 is 0. The summed E-state index contributed by atoms with van der Waals surface area (Å²) in [7, 11) is 0. The molecule has 2 fully saturated rings. The summed E-state index contributed by atoms with van der Waals surface area (Å²) in [4.78, 5) is 28.1. The smallest absolute Gasteiger partial charge is 0.416 e. The number of nitrogens with one attached hydrogen (secondary N) is 1. The number of imidazole rings is 1. The first-order valence-corrected chi connectivity index (χ1v) is 13.0. The molecule has 4 heterocycles. The van der Waals surface area contributed by atoms with Crippen LogP contribution in [0.3, 0.4) is 0 Å². The fourth-order valence-electron chi connectivity index (χ4n) is 6.49. The predicted molar refractivity (Wildman–Crippen MR) is 132 cm³/mol. The van der Waals surface area contributed by atoms with E-state index in [0.717, 1.165) is 25.2 Å². The second-order valence-electron chi connectivity index (χ2n) is 11.0. The van der Waals surface area contributed by atoms with Crippen molar-refractivity contribution in [1.82, 2.24) is 24.3 Å². The number of nitro groups is 1. The molecule has 1 aromatic heterocycles. The van der Waals surface area contributed by atoms with Crippen LogP contribution in [-0.4, -0.2) is 75.9 Å². The number of quaternary nitrogens is 1. The number of amides is 1. The average molecular weight is 553 g/mol. The lowest BCUT2D eigenvalue weighted by atomic mass is 9.93. The number of carbonyl (C=O) groups excluding carboxylic acids is 1. The largest absolute Gasteiger partial charge is 0.530 e. The molecule has 1 N–H and O–H groups in total. The van der Waals surface area contributed by atoms with Gasteiger partial charge in [0.25, 0.3) is 0 Å². The van der Waals surface area contributed by atoms with Gasteiger partial charge in [-0.1, -0.05) is 0 Å². The van der Waals surface area contributed by atoms with E-state index in [-0.39, 0.29) is 34.9 Å². The molecule has 0 bridgehead atoms. The second kappa shape index (κ2) is 9.97. The number of aromatic nitrogens is 2. The highest BCUT2D eigenvalue weighted by Crippen LogP contribution is 2.39. The Morgan fingerprint density at radius 1 is 1.21 bits per heavy atom. The molecule has 1 aromatic carbocycles. The molecular formula is C25H31F3N6O5. The number of piperidine rings is 2. The molecule has 2 saturated heterocycles. The zero-order chi connectivity index (χ0) is 28.0.